The molecule has 0 fully saturated rings. The fourth-order valence-electron chi connectivity index (χ4n) is 3.87. The van der Waals surface area contributed by atoms with E-state index in [1.807, 2.05) is 84.1 Å². The van der Waals surface area contributed by atoms with Crippen molar-refractivity contribution >= 4 is 23.6 Å². The molecule has 174 valence electrons. The molecular formula is C27H28ClN5O. The van der Waals surface area contributed by atoms with Gasteiger partial charge in [0.15, 0.2) is 0 Å². The van der Waals surface area contributed by atoms with Crippen LogP contribution >= 0.6 is 11.6 Å². The number of hydrogen-bond acceptors (Lipinski definition) is 3. The first-order valence-corrected chi connectivity index (χ1v) is 11.5. The predicted octanol–water partition coefficient (Wildman–Crippen LogP) is 5.12. The third kappa shape index (κ3) is 5.64. The molecule has 7 heteroatoms. The van der Waals surface area contributed by atoms with Crippen LogP contribution in [0.25, 0.3) is 6.08 Å². The maximum atomic E-state index is 12.8. The lowest BCUT2D eigenvalue weighted by Gasteiger charge is -2.13. The van der Waals surface area contributed by atoms with Gasteiger partial charge in [0.05, 0.1) is 25.0 Å². The molecule has 4 aromatic rings. The highest BCUT2D eigenvalue weighted by Crippen LogP contribution is 2.20. The quantitative estimate of drug-likeness (QED) is 0.334. The summed E-state index contributed by atoms with van der Waals surface area (Å²) < 4.78 is 3.81. The molecule has 0 aliphatic carbocycles. The Morgan fingerprint density at radius 2 is 1.76 bits per heavy atom. The van der Waals surface area contributed by atoms with Gasteiger partial charge in [0.1, 0.15) is 0 Å². The fraction of sp³-hybridized carbons (Fsp3) is 0.222. The molecule has 6 nitrogen and oxygen atoms in total. The molecule has 34 heavy (non-hydrogen) atoms. The number of aryl methyl sites for hydroxylation is 1. The first kappa shape index (κ1) is 23.5. The Hall–Kier alpha value is -3.64. The fourth-order valence-corrected chi connectivity index (χ4v) is 4.07. The molecule has 2 aromatic heterocycles. The lowest BCUT2D eigenvalue weighted by molar-refractivity contribution is -0.125. The summed E-state index contributed by atoms with van der Waals surface area (Å²) in [5, 5.41) is 9.79. The van der Waals surface area contributed by atoms with Crippen molar-refractivity contribution in [1.82, 2.24) is 24.5 Å². The summed E-state index contributed by atoms with van der Waals surface area (Å²) in [4.78, 5) is 14.4. The van der Waals surface area contributed by atoms with E-state index in [1.54, 1.807) is 18.0 Å². The topological polar surface area (TPSA) is 56.0 Å². The first-order chi connectivity index (χ1) is 16.4. The van der Waals surface area contributed by atoms with Gasteiger partial charge in [-0.05, 0) is 37.1 Å². The maximum absolute atomic E-state index is 12.8. The van der Waals surface area contributed by atoms with E-state index in [2.05, 4.69) is 22.3 Å². The van der Waals surface area contributed by atoms with Crippen molar-refractivity contribution in [3.8, 4) is 0 Å². The van der Waals surface area contributed by atoms with Gasteiger partial charge >= 0.3 is 0 Å². The van der Waals surface area contributed by atoms with Gasteiger partial charge in [0.25, 0.3) is 0 Å². The van der Waals surface area contributed by atoms with Gasteiger partial charge in [-0.2, -0.15) is 10.2 Å². The SMILES string of the molecule is Cc1nn(Cc2ccccc2Cl)c(C)c1/C=C/C(=O)N(C)Cc1cnn(Cc2ccccc2)c1. The average Bonchev–Trinajstić information content (AvgIpc) is 3.37. The molecule has 2 heterocycles. The second-order valence-electron chi connectivity index (χ2n) is 8.39. The highest BCUT2D eigenvalue weighted by molar-refractivity contribution is 6.31. The maximum Gasteiger partial charge on any atom is 0.246 e. The van der Waals surface area contributed by atoms with E-state index in [-0.39, 0.29) is 5.91 Å². The van der Waals surface area contributed by atoms with Gasteiger partial charge in [-0.1, -0.05) is 60.1 Å². The highest BCUT2D eigenvalue weighted by Gasteiger charge is 2.13. The summed E-state index contributed by atoms with van der Waals surface area (Å²) in [6, 6.07) is 17.9. The largest absolute Gasteiger partial charge is 0.338 e. The van der Waals surface area contributed by atoms with Gasteiger partial charge in [-0.15, -0.1) is 0 Å². The molecule has 0 saturated carbocycles. The number of rotatable bonds is 8. The smallest absolute Gasteiger partial charge is 0.246 e. The molecule has 0 radical (unpaired) electrons. The van der Waals surface area contributed by atoms with Crippen molar-refractivity contribution in [1.29, 1.82) is 0 Å². The summed E-state index contributed by atoms with van der Waals surface area (Å²) in [5.74, 6) is -0.0755. The molecule has 0 atom stereocenters. The standard InChI is InChI=1S/C27H28ClN5O/c1-20-25(21(2)33(30-20)19-24-11-7-8-12-26(24)28)13-14-27(34)31(3)16-23-15-29-32(18-23)17-22-9-5-4-6-10-22/h4-15,18H,16-17,19H2,1-3H3/b14-13+. The number of benzene rings is 2. The van der Waals surface area contributed by atoms with Crippen LogP contribution in [0.2, 0.25) is 5.02 Å². The zero-order valence-corrected chi connectivity index (χ0v) is 20.4. The van der Waals surface area contributed by atoms with Crippen LogP contribution in [0.15, 0.2) is 73.1 Å². The summed E-state index contributed by atoms with van der Waals surface area (Å²) in [6.07, 6.45) is 7.24. The molecular weight excluding hydrogens is 446 g/mol. The van der Waals surface area contributed by atoms with E-state index < -0.39 is 0 Å². The molecule has 1 amide bonds. The van der Waals surface area contributed by atoms with Crippen LogP contribution in [0.3, 0.4) is 0 Å². The van der Waals surface area contributed by atoms with Crippen molar-refractivity contribution in [2.24, 2.45) is 0 Å². The monoisotopic (exact) mass is 473 g/mol. The molecule has 0 spiro atoms. The number of likely N-dealkylation sites (N-methyl/N-ethyl adjacent to an activating group) is 1. The number of halogens is 1. The predicted molar refractivity (Wildman–Crippen MR) is 136 cm³/mol. The number of nitrogens with zero attached hydrogens (tertiary/aromatic N) is 5. The van der Waals surface area contributed by atoms with E-state index in [9.17, 15) is 4.79 Å². The number of carbonyl (C=O) groups is 1. The van der Waals surface area contributed by atoms with Gasteiger partial charge in [0.2, 0.25) is 5.91 Å². The third-order valence-corrected chi connectivity index (χ3v) is 6.15. The van der Waals surface area contributed by atoms with Gasteiger partial charge in [-0.25, -0.2) is 0 Å². The Bertz CT molecular complexity index is 1310. The molecule has 0 aliphatic heterocycles. The van der Waals surface area contributed by atoms with Gasteiger partial charge in [-0.3, -0.25) is 14.2 Å². The lowest BCUT2D eigenvalue weighted by Crippen LogP contribution is -2.23. The molecule has 0 saturated heterocycles. The minimum atomic E-state index is -0.0755. The van der Waals surface area contributed by atoms with Crippen molar-refractivity contribution in [3.63, 3.8) is 0 Å². The number of aromatic nitrogens is 4. The van der Waals surface area contributed by atoms with Crippen LogP contribution in [0.1, 0.15) is 33.6 Å². The zero-order chi connectivity index (χ0) is 24.1. The number of carbonyl (C=O) groups excluding carboxylic acids is 1. The minimum Gasteiger partial charge on any atom is -0.338 e. The van der Waals surface area contributed by atoms with E-state index >= 15 is 0 Å². The van der Waals surface area contributed by atoms with Crippen LogP contribution in [-0.2, 0) is 24.4 Å². The summed E-state index contributed by atoms with van der Waals surface area (Å²) in [5.41, 5.74) is 5.99. The van der Waals surface area contributed by atoms with Gasteiger partial charge in [0, 0.05) is 47.7 Å². The van der Waals surface area contributed by atoms with E-state index in [1.165, 1.54) is 5.56 Å². The summed E-state index contributed by atoms with van der Waals surface area (Å²) in [6.45, 7) is 5.73. The zero-order valence-electron chi connectivity index (χ0n) is 19.6. The third-order valence-electron chi connectivity index (χ3n) is 5.78. The van der Waals surface area contributed by atoms with Crippen LogP contribution < -0.4 is 0 Å². The van der Waals surface area contributed by atoms with Crippen LogP contribution in [0.4, 0.5) is 0 Å². The van der Waals surface area contributed by atoms with Crippen molar-refractivity contribution in [2.75, 3.05) is 7.05 Å². The number of amides is 1. The molecule has 4 rings (SSSR count). The molecule has 0 bridgehead atoms. The lowest BCUT2D eigenvalue weighted by atomic mass is 10.1. The molecule has 0 N–H and O–H groups in total. The average molecular weight is 474 g/mol. The van der Waals surface area contributed by atoms with E-state index in [0.29, 0.717) is 19.6 Å². The Balaban J connectivity index is 1.39. The van der Waals surface area contributed by atoms with E-state index in [0.717, 1.165) is 33.1 Å². The van der Waals surface area contributed by atoms with Crippen LogP contribution in [-0.4, -0.2) is 37.4 Å². The summed E-state index contributed by atoms with van der Waals surface area (Å²) in [7, 11) is 1.79. The van der Waals surface area contributed by atoms with Crippen molar-refractivity contribution < 1.29 is 4.79 Å². The second kappa shape index (κ2) is 10.5. The first-order valence-electron chi connectivity index (χ1n) is 11.2. The van der Waals surface area contributed by atoms with Crippen molar-refractivity contribution in [3.05, 3.63) is 112 Å². The van der Waals surface area contributed by atoms with Crippen LogP contribution in [0, 0.1) is 13.8 Å². The highest BCUT2D eigenvalue weighted by atomic mass is 35.5. The molecule has 0 unspecified atom stereocenters. The molecule has 0 aliphatic rings. The Morgan fingerprint density at radius 3 is 2.53 bits per heavy atom. The van der Waals surface area contributed by atoms with Crippen molar-refractivity contribution in [2.45, 2.75) is 33.5 Å². The minimum absolute atomic E-state index is 0.0755. The Morgan fingerprint density at radius 1 is 1.03 bits per heavy atom. The van der Waals surface area contributed by atoms with Gasteiger partial charge < -0.3 is 4.90 Å². The van der Waals surface area contributed by atoms with Crippen LogP contribution in [0.5, 0.6) is 0 Å². The normalized spacial score (nSPS) is 11.3. The molecule has 2 aromatic carbocycles. The summed E-state index contributed by atoms with van der Waals surface area (Å²) >= 11 is 6.31. The Labute approximate surface area is 205 Å². The second-order valence-corrected chi connectivity index (χ2v) is 8.80. The Kier molecular flexibility index (Phi) is 7.28. The van der Waals surface area contributed by atoms with E-state index in [4.69, 9.17) is 11.6 Å². The number of hydrogen-bond donors (Lipinski definition) is 0.